The second kappa shape index (κ2) is 6.92. The van der Waals surface area contributed by atoms with Gasteiger partial charge in [0.1, 0.15) is 0 Å². The van der Waals surface area contributed by atoms with E-state index in [0.29, 0.717) is 25.5 Å². The fourth-order valence-electron chi connectivity index (χ4n) is 1.86. The van der Waals surface area contributed by atoms with Crippen molar-refractivity contribution in [2.24, 2.45) is 11.7 Å². The number of nitrogens with one attached hydrogen (secondary N) is 1. The van der Waals surface area contributed by atoms with Gasteiger partial charge in [-0.3, -0.25) is 10.2 Å². The lowest BCUT2D eigenvalue weighted by atomic mass is 10.1. The molecule has 106 valence electrons. The molecule has 1 rings (SSSR count). The Bertz CT molecular complexity index is 482. The minimum absolute atomic E-state index is 0.0815. The van der Waals surface area contributed by atoms with Crippen LogP contribution < -0.4 is 16.2 Å². The number of hydrogen-bond donors (Lipinski definition) is 2. The minimum atomic E-state index is -0.0963. The molecule has 0 saturated heterocycles. The summed E-state index contributed by atoms with van der Waals surface area (Å²) >= 11 is 0. The molecule has 6 nitrogen and oxygen atoms in total. The van der Waals surface area contributed by atoms with Gasteiger partial charge in [-0.05, 0) is 13.3 Å². The zero-order valence-corrected chi connectivity index (χ0v) is 11.9. The predicted molar refractivity (Wildman–Crippen MR) is 77.8 cm³/mol. The summed E-state index contributed by atoms with van der Waals surface area (Å²) in [7, 11) is 0. The molecule has 0 aliphatic rings. The highest BCUT2D eigenvalue weighted by Gasteiger charge is 2.16. The van der Waals surface area contributed by atoms with Crippen molar-refractivity contribution in [2.75, 3.05) is 18.0 Å². The van der Waals surface area contributed by atoms with Crippen LogP contribution in [0.4, 0.5) is 5.82 Å². The molecule has 1 unspecified atom stereocenters. The maximum absolute atomic E-state index is 12.3. The lowest BCUT2D eigenvalue weighted by molar-refractivity contribution is 0.631. The van der Waals surface area contributed by atoms with Crippen LogP contribution in [0.25, 0.3) is 0 Å². The number of nitrogens with zero attached hydrogens (tertiary/aromatic N) is 3. The second-order valence-corrected chi connectivity index (χ2v) is 4.64. The van der Waals surface area contributed by atoms with E-state index in [1.807, 2.05) is 25.7 Å². The molecule has 0 amide bonds. The summed E-state index contributed by atoms with van der Waals surface area (Å²) in [6, 6.07) is 0. The minimum Gasteiger partial charge on any atom is -0.387 e. The molecule has 0 aliphatic heterocycles. The van der Waals surface area contributed by atoms with Crippen molar-refractivity contribution < 1.29 is 0 Å². The van der Waals surface area contributed by atoms with Gasteiger partial charge in [0.05, 0.1) is 5.84 Å². The second-order valence-electron chi connectivity index (χ2n) is 4.64. The van der Waals surface area contributed by atoms with Crippen molar-refractivity contribution in [1.82, 2.24) is 9.55 Å². The molecule has 1 heterocycles. The van der Waals surface area contributed by atoms with Crippen LogP contribution in [0.15, 0.2) is 17.2 Å². The van der Waals surface area contributed by atoms with Crippen LogP contribution in [0.1, 0.15) is 27.2 Å². The molecule has 1 aromatic heterocycles. The van der Waals surface area contributed by atoms with Crippen molar-refractivity contribution in [3.8, 4) is 0 Å². The van der Waals surface area contributed by atoms with Gasteiger partial charge in [0.25, 0.3) is 5.56 Å². The van der Waals surface area contributed by atoms with Gasteiger partial charge in [0.15, 0.2) is 5.82 Å². The van der Waals surface area contributed by atoms with E-state index >= 15 is 0 Å². The standard InChI is InChI=1S/C13H23N5O/c1-4-7-18-8-6-16-12(13(18)19)17(5-2)9-10(3)11(14)15/h6,8,10H,4-5,7,9H2,1-3H3,(H3,14,15). The monoisotopic (exact) mass is 265 g/mol. The molecule has 0 bridgehead atoms. The molecule has 1 atom stereocenters. The van der Waals surface area contributed by atoms with Crippen molar-refractivity contribution in [3.63, 3.8) is 0 Å². The van der Waals surface area contributed by atoms with E-state index in [-0.39, 0.29) is 17.3 Å². The zero-order chi connectivity index (χ0) is 14.4. The van der Waals surface area contributed by atoms with Crippen molar-refractivity contribution in [1.29, 1.82) is 5.41 Å². The average molecular weight is 265 g/mol. The number of aryl methyl sites for hydroxylation is 1. The lowest BCUT2D eigenvalue weighted by Crippen LogP contribution is -2.39. The summed E-state index contributed by atoms with van der Waals surface area (Å²) in [5.74, 6) is 0.468. The summed E-state index contributed by atoms with van der Waals surface area (Å²) in [6.07, 6.45) is 4.25. The molecule has 3 N–H and O–H groups in total. The zero-order valence-electron chi connectivity index (χ0n) is 11.9. The van der Waals surface area contributed by atoms with Crippen LogP contribution >= 0.6 is 0 Å². The normalized spacial score (nSPS) is 12.2. The number of aromatic nitrogens is 2. The highest BCUT2D eigenvalue weighted by molar-refractivity contribution is 5.79. The van der Waals surface area contributed by atoms with E-state index in [9.17, 15) is 4.79 Å². The maximum atomic E-state index is 12.3. The molecule has 0 fully saturated rings. The van der Waals surface area contributed by atoms with E-state index in [1.54, 1.807) is 17.0 Å². The Kier molecular flexibility index (Phi) is 5.54. The van der Waals surface area contributed by atoms with Crippen LogP contribution in [-0.2, 0) is 6.54 Å². The molecule has 0 spiro atoms. The maximum Gasteiger partial charge on any atom is 0.293 e. The van der Waals surface area contributed by atoms with Crippen molar-refractivity contribution in [2.45, 2.75) is 33.7 Å². The van der Waals surface area contributed by atoms with Crippen LogP contribution in [0, 0.1) is 11.3 Å². The third-order valence-corrected chi connectivity index (χ3v) is 3.07. The molecule has 6 heteroatoms. The van der Waals surface area contributed by atoms with Gasteiger partial charge < -0.3 is 15.2 Å². The SMILES string of the molecule is CCCn1ccnc(N(CC)CC(C)C(=N)N)c1=O. The van der Waals surface area contributed by atoms with Gasteiger partial charge in [-0.1, -0.05) is 13.8 Å². The smallest absolute Gasteiger partial charge is 0.293 e. The van der Waals surface area contributed by atoms with Gasteiger partial charge in [-0.25, -0.2) is 4.98 Å². The van der Waals surface area contributed by atoms with E-state index in [1.165, 1.54) is 0 Å². The fourth-order valence-corrected chi connectivity index (χ4v) is 1.86. The van der Waals surface area contributed by atoms with E-state index < -0.39 is 0 Å². The van der Waals surface area contributed by atoms with Crippen molar-refractivity contribution >= 4 is 11.7 Å². The predicted octanol–water partition coefficient (Wildman–Crippen LogP) is 1.05. The Hall–Kier alpha value is -1.85. The fraction of sp³-hybridized carbons (Fsp3) is 0.615. The van der Waals surface area contributed by atoms with Crippen molar-refractivity contribution in [3.05, 3.63) is 22.7 Å². The van der Waals surface area contributed by atoms with Gasteiger partial charge in [0, 0.05) is 37.9 Å². The first kappa shape index (κ1) is 15.2. The van der Waals surface area contributed by atoms with Gasteiger partial charge in [-0.2, -0.15) is 0 Å². The van der Waals surface area contributed by atoms with Gasteiger partial charge in [0.2, 0.25) is 0 Å². The van der Waals surface area contributed by atoms with Crippen LogP contribution in [0.2, 0.25) is 0 Å². The molecule has 0 aromatic carbocycles. The highest BCUT2D eigenvalue weighted by Crippen LogP contribution is 2.07. The summed E-state index contributed by atoms with van der Waals surface area (Å²) in [6.45, 7) is 7.75. The number of nitrogens with two attached hydrogens (primary N) is 1. The molecule has 1 aromatic rings. The first-order valence-corrected chi connectivity index (χ1v) is 6.65. The first-order valence-electron chi connectivity index (χ1n) is 6.65. The van der Waals surface area contributed by atoms with Crippen LogP contribution in [0.5, 0.6) is 0 Å². The molecule has 0 aliphatic carbocycles. The number of rotatable bonds is 7. The largest absolute Gasteiger partial charge is 0.387 e. The quantitative estimate of drug-likeness (QED) is 0.570. The summed E-state index contributed by atoms with van der Waals surface area (Å²) in [5, 5.41) is 7.44. The van der Waals surface area contributed by atoms with E-state index in [0.717, 1.165) is 6.42 Å². The number of hydrogen-bond acceptors (Lipinski definition) is 4. The Labute approximate surface area is 113 Å². The number of anilines is 1. The summed E-state index contributed by atoms with van der Waals surface area (Å²) < 4.78 is 1.67. The van der Waals surface area contributed by atoms with Crippen LogP contribution in [-0.4, -0.2) is 28.5 Å². The summed E-state index contributed by atoms with van der Waals surface area (Å²) in [4.78, 5) is 18.3. The highest BCUT2D eigenvalue weighted by atomic mass is 16.1. The van der Waals surface area contributed by atoms with Gasteiger partial charge in [-0.15, -0.1) is 0 Å². The lowest BCUT2D eigenvalue weighted by Gasteiger charge is -2.24. The van der Waals surface area contributed by atoms with E-state index in [4.69, 9.17) is 11.1 Å². The Balaban J connectivity index is 3.02. The summed E-state index contributed by atoms with van der Waals surface area (Å²) in [5.41, 5.74) is 5.40. The average Bonchev–Trinajstić information content (AvgIpc) is 2.38. The third kappa shape index (κ3) is 3.81. The molecule has 0 saturated carbocycles. The Morgan fingerprint density at radius 1 is 1.58 bits per heavy atom. The molecule has 19 heavy (non-hydrogen) atoms. The van der Waals surface area contributed by atoms with Crippen LogP contribution in [0.3, 0.4) is 0 Å². The molecule has 0 radical (unpaired) electrons. The Morgan fingerprint density at radius 2 is 2.26 bits per heavy atom. The molecular weight excluding hydrogens is 242 g/mol. The third-order valence-electron chi connectivity index (χ3n) is 3.07. The first-order chi connectivity index (χ1) is 9.01. The van der Waals surface area contributed by atoms with E-state index in [2.05, 4.69) is 4.98 Å². The number of amidine groups is 1. The molecular formula is C13H23N5O. The Morgan fingerprint density at radius 3 is 2.79 bits per heavy atom. The van der Waals surface area contributed by atoms with Gasteiger partial charge >= 0.3 is 0 Å². The topological polar surface area (TPSA) is 88.0 Å².